The second-order valence-electron chi connectivity index (χ2n) is 5.95. The SMILES string of the molecule is Cc1cc(N)cnc1/C=C/B1OC(C)(C)C(C)(C)O1. The Morgan fingerprint density at radius 3 is 2.32 bits per heavy atom. The van der Waals surface area contributed by atoms with Gasteiger partial charge in [-0.1, -0.05) is 5.98 Å². The Morgan fingerprint density at radius 2 is 1.79 bits per heavy atom. The number of aromatic nitrogens is 1. The molecule has 5 heteroatoms. The molecule has 1 saturated heterocycles. The summed E-state index contributed by atoms with van der Waals surface area (Å²) in [6, 6.07) is 1.90. The van der Waals surface area contributed by atoms with E-state index in [9.17, 15) is 0 Å². The van der Waals surface area contributed by atoms with Crippen molar-refractivity contribution in [1.82, 2.24) is 4.98 Å². The molecule has 19 heavy (non-hydrogen) atoms. The van der Waals surface area contributed by atoms with E-state index < -0.39 is 0 Å². The fourth-order valence-corrected chi connectivity index (χ4v) is 1.92. The fourth-order valence-electron chi connectivity index (χ4n) is 1.92. The van der Waals surface area contributed by atoms with Crippen LogP contribution in [-0.2, 0) is 9.31 Å². The van der Waals surface area contributed by atoms with Gasteiger partial charge in [0.15, 0.2) is 0 Å². The second-order valence-corrected chi connectivity index (χ2v) is 5.95. The molecule has 4 nitrogen and oxygen atoms in total. The number of anilines is 1. The van der Waals surface area contributed by atoms with Gasteiger partial charge in [0, 0.05) is 0 Å². The topological polar surface area (TPSA) is 57.4 Å². The quantitative estimate of drug-likeness (QED) is 0.830. The predicted molar refractivity (Wildman–Crippen MR) is 78.5 cm³/mol. The van der Waals surface area contributed by atoms with Crippen molar-refractivity contribution < 1.29 is 9.31 Å². The van der Waals surface area contributed by atoms with E-state index in [2.05, 4.69) is 4.98 Å². The van der Waals surface area contributed by atoms with Crippen molar-refractivity contribution in [3.05, 3.63) is 29.5 Å². The van der Waals surface area contributed by atoms with Crippen LogP contribution in [0.15, 0.2) is 18.2 Å². The lowest BCUT2D eigenvalue weighted by Gasteiger charge is -2.32. The van der Waals surface area contributed by atoms with Crippen molar-refractivity contribution in [2.45, 2.75) is 45.8 Å². The van der Waals surface area contributed by atoms with Crippen molar-refractivity contribution in [2.24, 2.45) is 0 Å². The van der Waals surface area contributed by atoms with Gasteiger partial charge in [-0.05, 0) is 52.3 Å². The second kappa shape index (κ2) is 4.65. The molecular weight excluding hydrogens is 239 g/mol. The summed E-state index contributed by atoms with van der Waals surface area (Å²) in [7, 11) is -0.344. The highest BCUT2D eigenvalue weighted by molar-refractivity contribution is 6.52. The van der Waals surface area contributed by atoms with Gasteiger partial charge in [-0.3, -0.25) is 4.98 Å². The third kappa shape index (κ3) is 2.82. The molecule has 1 fully saturated rings. The van der Waals surface area contributed by atoms with Gasteiger partial charge in [0.05, 0.1) is 28.8 Å². The molecule has 2 rings (SSSR count). The zero-order valence-electron chi connectivity index (χ0n) is 12.2. The highest BCUT2D eigenvalue weighted by Gasteiger charge is 2.49. The van der Waals surface area contributed by atoms with Crippen molar-refractivity contribution in [1.29, 1.82) is 0 Å². The average molecular weight is 260 g/mol. The normalized spacial score (nSPS) is 21.2. The van der Waals surface area contributed by atoms with E-state index in [0.29, 0.717) is 5.69 Å². The summed E-state index contributed by atoms with van der Waals surface area (Å²) < 4.78 is 11.8. The first-order chi connectivity index (χ1) is 8.71. The number of nitrogen functional groups attached to an aromatic ring is 1. The number of aryl methyl sites for hydroxylation is 1. The van der Waals surface area contributed by atoms with Gasteiger partial charge < -0.3 is 15.0 Å². The van der Waals surface area contributed by atoms with Crippen LogP contribution in [0.25, 0.3) is 6.08 Å². The van der Waals surface area contributed by atoms with Gasteiger partial charge in [-0.15, -0.1) is 0 Å². The monoisotopic (exact) mass is 260 g/mol. The van der Waals surface area contributed by atoms with Crippen LogP contribution in [0, 0.1) is 6.92 Å². The third-order valence-corrected chi connectivity index (χ3v) is 3.82. The van der Waals surface area contributed by atoms with Gasteiger partial charge in [-0.25, -0.2) is 0 Å². The predicted octanol–water partition coefficient (Wildman–Crippen LogP) is 2.62. The molecule has 102 valence electrons. The van der Waals surface area contributed by atoms with E-state index in [0.717, 1.165) is 11.3 Å². The molecule has 0 bridgehead atoms. The van der Waals surface area contributed by atoms with E-state index >= 15 is 0 Å². The molecule has 0 amide bonds. The molecule has 0 radical (unpaired) electrons. The standard InChI is InChI=1S/C14H21BN2O2/c1-10-8-11(16)9-17-12(10)6-7-15-18-13(2,3)14(4,5)19-15/h6-9H,16H2,1-5H3/b7-6+. The summed E-state index contributed by atoms with van der Waals surface area (Å²) in [5.74, 6) is 1.89. The van der Waals surface area contributed by atoms with Crippen LogP contribution < -0.4 is 5.73 Å². The molecule has 1 aromatic heterocycles. The van der Waals surface area contributed by atoms with Gasteiger partial charge >= 0.3 is 7.12 Å². The lowest BCUT2D eigenvalue weighted by atomic mass is 9.89. The highest BCUT2D eigenvalue weighted by Crippen LogP contribution is 2.37. The van der Waals surface area contributed by atoms with Gasteiger partial charge in [0.25, 0.3) is 0 Å². The lowest BCUT2D eigenvalue weighted by molar-refractivity contribution is 0.00578. The van der Waals surface area contributed by atoms with Gasteiger partial charge in [0.1, 0.15) is 0 Å². The molecule has 1 aromatic rings. The maximum absolute atomic E-state index is 5.89. The first-order valence-electron chi connectivity index (χ1n) is 6.47. The van der Waals surface area contributed by atoms with Crippen molar-refractivity contribution in [3.63, 3.8) is 0 Å². The molecule has 0 aliphatic carbocycles. The number of nitrogens with two attached hydrogens (primary N) is 1. The van der Waals surface area contributed by atoms with Crippen LogP contribution in [0.1, 0.15) is 39.0 Å². The van der Waals surface area contributed by atoms with Crippen LogP contribution >= 0.6 is 0 Å². The summed E-state index contributed by atoms with van der Waals surface area (Å²) >= 11 is 0. The molecular formula is C14H21BN2O2. The van der Waals surface area contributed by atoms with Crippen LogP contribution in [0.3, 0.4) is 0 Å². The maximum atomic E-state index is 5.89. The number of rotatable bonds is 2. The van der Waals surface area contributed by atoms with Crippen molar-refractivity contribution in [3.8, 4) is 0 Å². The molecule has 0 saturated carbocycles. The van der Waals surface area contributed by atoms with Gasteiger partial charge in [0.2, 0.25) is 0 Å². The minimum absolute atomic E-state index is 0.314. The lowest BCUT2D eigenvalue weighted by Crippen LogP contribution is -2.41. The highest BCUT2D eigenvalue weighted by atomic mass is 16.7. The van der Waals surface area contributed by atoms with Crippen LogP contribution in [0.5, 0.6) is 0 Å². The van der Waals surface area contributed by atoms with Crippen LogP contribution in [0.4, 0.5) is 5.69 Å². The summed E-state index contributed by atoms with van der Waals surface area (Å²) in [6.07, 6.45) is 3.56. The van der Waals surface area contributed by atoms with E-state index in [1.165, 1.54) is 0 Å². The molecule has 0 aromatic carbocycles. The Balaban J connectivity index is 2.13. The van der Waals surface area contributed by atoms with Crippen LogP contribution in [0.2, 0.25) is 0 Å². The largest absolute Gasteiger partial charge is 0.487 e. The molecule has 1 aliphatic heterocycles. The molecule has 0 unspecified atom stereocenters. The van der Waals surface area contributed by atoms with E-state index in [-0.39, 0.29) is 18.3 Å². The molecule has 1 aliphatic rings. The zero-order valence-corrected chi connectivity index (χ0v) is 12.2. The summed E-state index contributed by atoms with van der Waals surface area (Å²) in [5.41, 5.74) is 7.64. The zero-order chi connectivity index (χ0) is 14.3. The Hall–Kier alpha value is -1.33. The van der Waals surface area contributed by atoms with E-state index in [1.54, 1.807) is 6.20 Å². The Bertz CT molecular complexity index is 496. The minimum Gasteiger partial charge on any atom is -0.400 e. The smallest absolute Gasteiger partial charge is 0.400 e. The number of hydrogen-bond donors (Lipinski definition) is 1. The van der Waals surface area contributed by atoms with Crippen molar-refractivity contribution >= 4 is 18.9 Å². The maximum Gasteiger partial charge on any atom is 0.487 e. The van der Waals surface area contributed by atoms with Crippen molar-refractivity contribution in [2.75, 3.05) is 5.73 Å². The van der Waals surface area contributed by atoms with Crippen LogP contribution in [-0.4, -0.2) is 23.3 Å². The Morgan fingerprint density at radius 1 is 1.21 bits per heavy atom. The van der Waals surface area contributed by atoms with E-state index in [4.69, 9.17) is 15.0 Å². The Labute approximate surface area is 115 Å². The summed E-state index contributed by atoms with van der Waals surface area (Å²) in [6.45, 7) is 10.1. The van der Waals surface area contributed by atoms with E-state index in [1.807, 2.05) is 52.7 Å². The minimum atomic E-state index is -0.344. The molecule has 2 N–H and O–H groups in total. The molecule has 2 heterocycles. The number of nitrogens with zero attached hydrogens (tertiary/aromatic N) is 1. The first-order valence-corrected chi connectivity index (χ1v) is 6.47. The van der Waals surface area contributed by atoms with Gasteiger partial charge in [-0.2, -0.15) is 0 Å². The molecule has 0 spiro atoms. The average Bonchev–Trinajstić information content (AvgIpc) is 2.46. The Kier molecular flexibility index (Phi) is 3.45. The number of hydrogen-bond acceptors (Lipinski definition) is 4. The summed E-state index contributed by atoms with van der Waals surface area (Å²) in [4.78, 5) is 4.29. The summed E-state index contributed by atoms with van der Waals surface area (Å²) in [5, 5.41) is 0. The number of pyridine rings is 1. The molecule has 0 atom stereocenters. The fraction of sp³-hybridized carbons (Fsp3) is 0.500. The third-order valence-electron chi connectivity index (χ3n) is 3.82. The first kappa shape index (κ1) is 14.1.